The molecule has 2 rings (SSSR count). The summed E-state index contributed by atoms with van der Waals surface area (Å²) in [7, 11) is 0. The van der Waals surface area contributed by atoms with Gasteiger partial charge in [0.15, 0.2) is 0 Å². The Balaban J connectivity index is 1.83. The third-order valence-electron chi connectivity index (χ3n) is 3.36. The SMILES string of the molecule is C/C=C/C=C/C(=O)Nc1ccc(C(=O)OCC2CCCO2)cc1. The fraction of sp³-hybridized carbons (Fsp3) is 0.333. The summed E-state index contributed by atoms with van der Waals surface area (Å²) < 4.78 is 10.6. The van der Waals surface area contributed by atoms with Gasteiger partial charge >= 0.3 is 5.97 Å². The fourth-order valence-corrected chi connectivity index (χ4v) is 2.16. The molecule has 5 heteroatoms. The molecule has 5 nitrogen and oxygen atoms in total. The molecule has 1 aliphatic heterocycles. The van der Waals surface area contributed by atoms with Crippen LogP contribution in [0, 0.1) is 0 Å². The van der Waals surface area contributed by atoms with Crippen molar-refractivity contribution in [1.82, 2.24) is 0 Å². The fourth-order valence-electron chi connectivity index (χ4n) is 2.16. The van der Waals surface area contributed by atoms with Gasteiger partial charge in [-0.1, -0.05) is 18.2 Å². The highest BCUT2D eigenvalue weighted by Crippen LogP contribution is 2.14. The molecule has 1 aromatic rings. The van der Waals surface area contributed by atoms with E-state index in [2.05, 4.69) is 5.32 Å². The van der Waals surface area contributed by atoms with E-state index in [1.54, 1.807) is 36.4 Å². The van der Waals surface area contributed by atoms with Crippen LogP contribution in [0.2, 0.25) is 0 Å². The zero-order chi connectivity index (χ0) is 16.5. The van der Waals surface area contributed by atoms with E-state index in [1.807, 2.05) is 13.0 Å². The molecule has 1 aromatic carbocycles. The first-order valence-corrected chi connectivity index (χ1v) is 7.68. The normalized spacial score (nSPS) is 17.7. The van der Waals surface area contributed by atoms with Crippen molar-refractivity contribution in [3.63, 3.8) is 0 Å². The van der Waals surface area contributed by atoms with Crippen molar-refractivity contribution in [1.29, 1.82) is 0 Å². The van der Waals surface area contributed by atoms with E-state index >= 15 is 0 Å². The van der Waals surface area contributed by atoms with Gasteiger partial charge in [0, 0.05) is 18.4 Å². The van der Waals surface area contributed by atoms with Crippen molar-refractivity contribution in [2.75, 3.05) is 18.5 Å². The number of rotatable bonds is 6. The van der Waals surface area contributed by atoms with Gasteiger partial charge in [-0.3, -0.25) is 4.79 Å². The Morgan fingerprint density at radius 2 is 2.09 bits per heavy atom. The van der Waals surface area contributed by atoms with E-state index in [-0.39, 0.29) is 24.6 Å². The molecule has 0 saturated carbocycles. The monoisotopic (exact) mass is 315 g/mol. The maximum Gasteiger partial charge on any atom is 0.338 e. The Hall–Kier alpha value is -2.40. The second-order valence-electron chi connectivity index (χ2n) is 5.18. The molecule has 1 atom stereocenters. The molecular weight excluding hydrogens is 294 g/mol. The molecule has 122 valence electrons. The summed E-state index contributed by atoms with van der Waals surface area (Å²) in [6, 6.07) is 6.60. The number of carbonyl (C=O) groups is 2. The van der Waals surface area contributed by atoms with E-state index in [9.17, 15) is 9.59 Å². The summed E-state index contributed by atoms with van der Waals surface area (Å²) in [6.07, 6.45) is 8.66. The van der Waals surface area contributed by atoms with Crippen molar-refractivity contribution in [2.24, 2.45) is 0 Å². The lowest BCUT2D eigenvalue weighted by Crippen LogP contribution is -2.17. The van der Waals surface area contributed by atoms with Crippen LogP contribution in [0.3, 0.4) is 0 Å². The molecule has 1 fully saturated rings. The molecule has 0 bridgehead atoms. The van der Waals surface area contributed by atoms with Crippen LogP contribution >= 0.6 is 0 Å². The van der Waals surface area contributed by atoms with Crippen LogP contribution in [0.4, 0.5) is 5.69 Å². The van der Waals surface area contributed by atoms with E-state index in [4.69, 9.17) is 9.47 Å². The van der Waals surface area contributed by atoms with E-state index in [1.165, 1.54) is 6.08 Å². The quantitative estimate of drug-likeness (QED) is 0.498. The number of amides is 1. The first kappa shape index (κ1) is 17.0. The molecular formula is C18H21NO4. The van der Waals surface area contributed by atoms with Crippen LogP contribution in [0.15, 0.2) is 48.6 Å². The summed E-state index contributed by atoms with van der Waals surface area (Å²) in [6.45, 7) is 2.89. The average molecular weight is 315 g/mol. The van der Waals surface area contributed by atoms with Crippen LogP contribution in [-0.4, -0.2) is 31.2 Å². The predicted molar refractivity (Wildman–Crippen MR) is 88.3 cm³/mol. The molecule has 1 saturated heterocycles. The lowest BCUT2D eigenvalue weighted by molar-refractivity contribution is -0.111. The van der Waals surface area contributed by atoms with Gasteiger partial charge in [-0.05, 0) is 44.0 Å². The largest absolute Gasteiger partial charge is 0.459 e. The molecule has 1 aliphatic rings. The summed E-state index contributed by atoms with van der Waals surface area (Å²) in [5.41, 5.74) is 1.07. The zero-order valence-corrected chi connectivity index (χ0v) is 13.2. The molecule has 1 unspecified atom stereocenters. The van der Waals surface area contributed by atoms with Crippen LogP contribution in [0.1, 0.15) is 30.1 Å². The Bertz CT molecular complexity index is 584. The van der Waals surface area contributed by atoms with Gasteiger partial charge in [-0.25, -0.2) is 4.79 Å². The van der Waals surface area contributed by atoms with Crippen molar-refractivity contribution < 1.29 is 19.1 Å². The van der Waals surface area contributed by atoms with Gasteiger partial charge in [0.2, 0.25) is 5.91 Å². The van der Waals surface area contributed by atoms with Crippen LogP contribution in [0.25, 0.3) is 0 Å². The molecule has 0 radical (unpaired) electrons. The maximum absolute atomic E-state index is 11.9. The number of hydrogen-bond acceptors (Lipinski definition) is 4. The van der Waals surface area contributed by atoms with Crippen molar-refractivity contribution in [3.05, 3.63) is 54.1 Å². The van der Waals surface area contributed by atoms with Crippen molar-refractivity contribution >= 4 is 17.6 Å². The van der Waals surface area contributed by atoms with Crippen molar-refractivity contribution in [2.45, 2.75) is 25.9 Å². The lowest BCUT2D eigenvalue weighted by atomic mass is 10.2. The lowest BCUT2D eigenvalue weighted by Gasteiger charge is -2.10. The van der Waals surface area contributed by atoms with Crippen molar-refractivity contribution in [3.8, 4) is 0 Å². The van der Waals surface area contributed by atoms with Gasteiger partial charge in [0.1, 0.15) is 6.61 Å². The second kappa shape index (κ2) is 8.90. The smallest absolute Gasteiger partial charge is 0.338 e. The Morgan fingerprint density at radius 1 is 1.30 bits per heavy atom. The highest BCUT2D eigenvalue weighted by molar-refractivity contribution is 5.99. The number of benzene rings is 1. The summed E-state index contributed by atoms with van der Waals surface area (Å²) >= 11 is 0. The first-order chi connectivity index (χ1) is 11.2. The number of carbonyl (C=O) groups excluding carboxylic acids is 2. The van der Waals surface area contributed by atoms with E-state index < -0.39 is 0 Å². The number of hydrogen-bond donors (Lipinski definition) is 1. The summed E-state index contributed by atoms with van der Waals surface area (Å²) in [5, 5.41) is 2.71. The molecule has 1 heterocycles. The van der Waals surface area contributed by atoms with Gasteiger partial charge < -0.3 is 14.8 Å². The third kappa shape index (κ3) is 5.71. The van der Waals surface area contributed by atoms with Crippen LogP contribution in [0.5, 0.6) is 0 Å². The molecule has 1 N–H and O–H groups in total. The predicted octanol–water partition coefficient (Wildman–Crippen LogP) is 3.09. The minimum atomic E-state index is -0.383. The highest BCUT2D eigenvalue weighted by atomic mass is 16.6. The number of nitrogens with one attached hydrogen (secondary N) is 1. The van der Waals surface area contributed by atoms with Gasteiger partial charge in [0.05, 0.1) is 11.7 Å². The Kier molecular flexibility index (Phi) is 6.56. The molecule has 1 amide bonds. The average Bonchev–Trinajstić information content (AvgIpc) is 3.07. The van der Waals surface area contributed by atoms with E-state index in [0.29, 0.717) is 11.3 Å². The minimum absolute atomic E-state index is 0.0152. The summed E-state index contributed by atoms with van der Waals surface area (Å²) in [4.78, 5) is 23.5. The molecule has 0 aromatic heterocycles. The highest BCUT2D eigenvalue weighted by Gasteiger charge is 2.18. The molecule has 23 heavy (non-hydrogen) atoms. The Morgan fingerprint density at radius 3 is 2.74 bits per heavy atom. The number of ether oxygens (including phenoxy) is 2. The Labute approximate surface area is 136 Å². The zero-order valence-electron chi connectivity index (χ0n) is 13.2. The third-order valence-corrected chi connectivity index (χ3v) is 3.36. The van der Waals surface area contributed by atoms with Gasteiger partial charge in [0.25, 0.3) is 0 Å². The summed E-state index contributed by atoms with van der Waals surface area (Å²) in [5.74, 6) is -0.608. The first-order valence-electron chi connectivity index (χ1n) is 7.68. The molecule has 0 aliphatic carbocycles. The van der Waals surface area contributed by atoms with Gasteiger partial charge in [-0.15, -0.1) is 0 Å². The van der Waals surface area contributed by atoms with Crippen LogP contribution in [-0.2, 0) is 14.3 Å². The van der Waals surface area contributed by atoms with Crippen LogP contribution < -0.4 is 5.32 Å². The number of anilines is 1. The standard InChI is InChI=1S/C18H21NO4/c1-2-3-4-7-17(20)19-15-10-8-14(9-11-15)18(21)23-13-16-6-5-12-22-16/h2-4,7-11,16H,5-6,12-13H2,1H3,(H,19,20)/b3-2+,7-4+. The number of allylic oxidation sites excluding steroid dienone is 3. The van der Waals surface area contributed by atoms with E-state index in [0.717, 1.165) is 19.4 Å². The second-order valence-corrected chi connectivity index (χ2v) is 5.18. The van der Waals surface area contributed by atoms with Gasteiger partial charge in [-0.2, -0.15) is 0 Å². The topological polar surface area (TPSA) is 64.6 Å². The minimum Gasteiger partial charge on any atom is -0.459 e. The maximum atomic E-state index is 11.9. The number of esters is 1. The molecule has 0 spiro atoms.